The summed E-state index contributed by atoms with van der Waals surface area (Å²) in [6, 6.07) is 3.63. The van der Waals surface area contributed by atoms with Gasteiger partial charge in [-0.25, -0.2) is 4.79 Å². The Bertz CT molecular complexity index is 536. The number of rotatable bonds is 2. The third kappa shape index (κ3) is 2.91. The van der Waals surface area contributed by atoms with Crippen molar-refractivity contribution in [3.05, 3.63) is 33.3 Å². The standard InChI is InChI=1S/C12H11BrClNO4/c13-8-3-6(1-2-9(8)14)11(17)15-5-7(16)4-10(15)12(18)19/h1-3,7,10,16H,4-5H2,(H,18,19)/t7?,10-/m0/s1. The van der Waals surface area contributed by atoms with E-state index in [2.05, 4.69) is 15.9 Å². The van der Waals surface area contributed by atoms with Crippen LogP contribution in [0.1, 0.15) is 16.8 Å². The number of aliphatic hydroxyl groups excluding tert-OH is 1. The van der Waals surface area contributed by atoms with Crippen LogP contribution in [0.5, 0.6) is 0 Å². The lowest BCUT2D eigenvalue weighted by Gasteiger charge is -2.21. The predicted octanol–water partition coefficient (Wildman–Crippen LogP) is 1.76. The Hall–Kier alpha value is -1.11. The monoisotopic (exact) mass is 347 g/mol. The number of halogens is 2. The molecule has 1 saturated heterocycles. The van der Waals surface area contributed by atoms with Crippen molar-refractivity contribution in [2.45, 2.75) is 18.6 Å². The van der Waals surface area contributed by atoms with Crippen LogP contribution in [0, 0.1) is 0 Å². The highest BCUT2D eigenvalue weighted by molar-refractivity contribution is 9.10. The predicted molar refractivity (Wildman–Crippen MR) is 72.2 cm³/mol. The molecule has 1 aromatic carbocycles. The summed E-state index contributed by atoms with van der Waals surface area (Å²) in [4.78, 5) is 24.5. The molecule has 1 unspecified atom stereocenters. The number of aliphatic carboxylic acids is 1. The lowest BCUT2D eigenvalue weighted by Crippen LogP contribution is -2.40. The Labute approximate surface area is 122 Å². The Morgan fingerprint density at radius 3 is 2.68 bits per heavy atom. The molecule has 0 aliphatic carbocycles. The van der Waals surface area contributed by atoms with Crippen LogP contribution in [0.25, 0.3) is 0 Å². The summed E-state index contributed by atoms with van der Waals surface area (Å²) in [5.41, 5.74) is 0.330. The van der Waals surface area contributed by atoms with Gasteiger partial charge in [-0.1, -0.05) is 11.6 Å². The molecule has 2 rings (SSSR count). The van der Waals surface area contributed by atoms with Crippen LogP contribution in [-0.4, -0.2) is 45.7 Å². The fourth-order valence-corrected chi connectivity index (χ4v) is 2.56. The van der Waals surface area contributed by atoms with E-state index in [0.29, 0.717) is 15.1 Å². The van der Waals surface area contributed by atoms with Crippen molar-refractivity contribution in [2.75, 3.05) is 6.54 Å². The number of benzene rings is 1. The highest BCUT2D eigenvalue weighted by Gasteiger charge is 2.39. The Morgan fingerprint density at radius 1 is 1.42 bits per heavy atom. The molecular weight excluding hydrogens is 337 g/mol. The molecule has 1 aliphatic rings. The maximum atomic E-state index is 12.3. The van der Waals surface area contributed by atoms with Crippen molar-refractivity contribution in [1.82, 2.24) is 4.90 Å². The van der Waals surface area contributed by atoms with Gasteiger partial charge >= 0.3 is 5.97 Å². The van der Waals surface area contributed by atoms with E-state index in [1.807, 2.05) is 0 Å². The summed E-state index contributed by atoms with van der Waals surface area (Å²) in [6.45, 7) is 0.0239. The average molecular weight is 349 g/mol. The van der Waals surface area contributed by atoms with E-state index in [0.717, 1.165) is 0 Å². The van der Waals surface area contributed by atoms with Crippen molar-refractivity contribution in [1.29, 1.82) is 0 Å². The molecule has 1 fully saturated rings. The van der Waals surface area contributed by atoms with Gasteiger partial charge in [-0.05, 0) is 34.1 Å². The van der Waals surface area contributed by atoms with Crippen molar-refractivity contribution in [2.24, 2.45) is 0 Å². The zero-order chi connectivity index (χ0) is 14.2. The fourth-order valence-electron chi connectivity index (χ4n) is 2.07. The lowest BCUT2D eigenvalue weighted by atomic mass is 10.1. The number of amides is 1. The molecule has 2 atom stereocenters. The zero-order valence-corrected chi connectivity index (χ0v) is 12.1. The molecular formula is C12H11BrClNO4. The van der Waals surface area contributed by atoms with Crippen LogP contribution in [0.3, 0.4) is 0 Å². The number of carboxylic acid groups (broad SMARTS) is 1. The van der Waals surface area contributed by atoms with Gasteiger partial charge in [0, 0.05) is 23.0 Å². The van der Waals surface area contributed by atoms with Gasteiger partial charge in [0.15, 0.2) is 0 Å². The molecule has 0 aromatic heterocycles. The quantitative estimate of drug-likeness (QED) is 0.854. The van der Waals surface area contributed by atoms with E-state index in [9.17, 15) is 14.7 Å². The minimum atomic E-state index is -1.11. The van der Waals surface area contributed by atoms with Gasteiger partial charge in [-0.2, -0.15) is 0 Å². The third-order valence-corrected chi connectivity index (χ3v) is 4.21. The smallest absolute Gasteiger partial charge is 0.326 e. The van der Waals surface area contributed by atoms with Crippen molar-refractivity contribution in [3.63, 3.8) is 0 Å². The molecule has 0 radical (unpaired) electrons. The molecule has 102 valence electrons. The Balaban J connectivity index is 2.27. The summed E-state index contributed by atoms with van der Waals surface area (Å²) in [6.07, 6.45) is -0.753. The first kappa shape index (κ1) is 14.3. The van der Waals surface area contributed by atoms with E-state index < -0.39 is 24.0 Å². The third-order valence-electron chi connectivity index (χ3n) is 2.99. The van der Waals surface area contributed by atoms with E-state index in [4.69, 9.17) is 16.7 Å². The number of carboxylic acids is 1. The molecule has 0 bridgehead atoms. The minimum absolute atomic E-state index is 0.0239. The van der Waals surface area contributed by atoms with E-state index >= 15 is 0 Å². The molecule has 1 aliphatic heterocycles. The minimum Gasteiger partial charge on any atom is -0.480 e. The molecule has 1 aromatic rings. The Kier molecular flexibility index (Phi) is 4.13. The maximum Gasteiger partial charge on any atom is 0.326 e. The number of β-amino-alcohol motifs (C(OH)–C–C–N with tert-alkyl or cyclic N) is 1. The van der Waals surface area contributed by atoms with Gasteiger partial charge in [0.05, 0.1) is 11.1 Å². The Morgan fingerprint density at radius 2 is 2.11 bits per heavy atom. The summed E-state index contributed by atoms with van der Waals surface area (Å²) >= 11 is 9.05. The zero-order valence-electron chi connectivity index (χ0n) is 9.72. The van der Waals surface area contributed by atoms with Gasteiger partial charge in [0.25, 0.3) is 5.91 Å². The molecule has 7 heteroatoms. The van der Waals surface area contributed by atoms with Crippen LogP contribution < -0.4 is 0 Å². The fraction of sp³-hybridized carbons (Fsp3) is 0.333. The van der Waals surface area contributed by atoms with E-state index in [1.54, 1.807) is 6.07 Å². The normalized spacial score (nSPS) is 22.6. The highest BCUT2D eigenvalue weighted by atomic mass is 79.9. The topological polar surface area (TPSA) is 77.8 Å². The first-order valence-corrected chi connectivity index (χ1v) is 6.74. The maximum absolute atomic E-state index is 12.3. The molecule has 1 heterocycles. The van der Waals surface area contributed by atoms with Gasteiger partial charge in [-0.3, -0.25) is 4.79 Å². The second-order valence-electron chi connectivity index (χ2n) is 4.33. The number of hydrogen-bond acceptors (Lipinski definition) is 3. The highest BCUT2D eigenvalue weighted by Crippen LogP contribution is 2.26. The van der Waals surface area contributed by atoms with Crippen molar-refractivity contribution < 1.29 is 19.8 Å². The molecule has 19 heavy (non-hydrogen) atoms. The molecule has 0 spiro atoms. The van der Waals surface area contributed by atoms with Crippen LogP contribution in [0.4, 0.5) is 0 Å². The van der Waals surface area contributed by atoms with Crippen molar-refractivity contribution in [3.8, 4) is 0 Å². The number of likely N-dealkylation sites (tertiary alicyclic amines) is 1. The van der Waals surface area contributed by atoms with E-state index in [-0.39, 0.29) is 13.0 Å². The molecule has 2 N–H and O–H groups in total. The molecule has 5 nitrogen and oxygen atoms in total. The van der Waals surface area contributed by atoms with Gasteiger partial charge in [0.1, 0.15) is 6.04 Å². The summed E-state index contributed by atoms with van der Waals surface area (Å²) in [5.74, 6) is -1.54. The first-order valence-electron chi connectivity index (χ1n) is 5.57. The van der Waals surface area contributed by atoms with Crippen LogP contribution in [0.2, 0.25) is 5.02 Å². The SMILES string of the molecule is O=C(O)[C@@H]1CC(O)CN1C(=O)c1ccc(Cl)c(Br)c1. The number of carbonyl (C=O) groups is 2. The van der Waals surface area contributed by atoms with E-state index in [1.165, 1.54) is 17.0 Å². The van der Waals surface area contributed by atoms with Crippen LogP contribution >= 0.6 is 27.5 Å². The number of aliphatic hydroxyl groups is 1. The van der Waals surface area contributed by atoms with Crippen molar-refractivity contribution >= 4 is 39.4 Å². The summed E-state index contributed by atoms with van der Waals surface area (Å²) in [7, 11) is 0. The average Bonchev–Trinajstić information content (AvgIpc) is 2.74. The number of hydrogen-bond donors (Lipinski definition) is 2. The first-order chi connectivity index (χ1) is 8.90. The lowest BCUT2D eigenvalue weighted by molar-refractivity contribution is -0.141. The van der Waals surface area contributed by atoms with Crippen LogP contribution in [-0.2, 0) is 4.79 Å². The second-order valence-corrected chi connectivity index (χ2v) is 5.59. The van der Waals surface area contributed by atoms with Gasteiger partial charge in [-0.15, -0.1) is 0 Å². The van der Waals surface area contributed by atoms with Gasteiger partial charge < -0.3 is 15.1 Å². The summed E-state index contributed by atoms with van der Waals surface area (Å²) < 4.78 is 0.562. The largest absolute Gasteiger partial charge is 0.480 e. The number of carbonyl (C=O) groups excluding carboxylic acids is 1. The van der Waals surface area contributed by atoms with Crippen LogP contribution in [0.15, 0.2) is 22.7 Å². The second kappa shape index (κ2) is 5.48. The molecule has 0 saturated carbocycles. The molecule has 1 amide bonds. The van der Waals surface area contributed by atoms with Gasteiger partial charge in [0.2, 0.25) is 0 Å². The summed E-state index contributed by atoms with van der Waals surface area (Å²) in [5, 5.41) is 19.1. The number of nitrogens with zero attached hydrogens (tertiary/aromatic N) is 1.